The number of carbonyl (C=O) groups excluding carboxylic acids is 1. The lowest BCUT2D eigenvalue weighted by Gasteiger charge is -2.46. The molecule has 2 atom stereocenters. The number of hydrogen-bond acceptors (Lipinski definition) is 9. The summed E-state index contributed by atoms with van der Waals surface area (Å²) in [6.07, 6.45) is 3.54. The molecule has 4 heterocycles. The Morgan fingerprint density at radius 2 is 1.87 bits per heavy atom. The van der Waals surface area contributed by atoms with Crippen molar-refractivity contribution in [3.05, 3.63) is 36.0 Å². The maximum absolute atomic E-state index is 12.7. The van der Waals surface area contributed by atoms with Gasteiger partial charge in [-0.3, -0.25) is 0 Å². The molecular weight excluding hydrogens is 526 g/mol. The number of fused-ring (bicyclic) bond motifs is 3. The van der Waals surface area contributed by atoms with E-state index in [0.717, 1.165) is 34.2 Å². The first-order valence-electron chi connectivity index (χ1n) is 13.0. The molecule has 6 rings (SSSR count). The van der Waals surface area contributed by atoms with E-state index in [4.69, 9.17) is 14.2 Å². The number of amides is 1. The van der Waals surface area contributed by atoms with Gasteiger partial charge >= 0.3 is 6.09 Å². The first-order chi connectivity index (χ1) is 18.3. The third kappa shape index (κ3) is 4.87. The van der Waals surface area contributed by atoms with Crippen molar-refractivity contribution in [1.29, 1.82) is 0 Å². The zero-order valence-corrected chi connectivity index (χ0v) is 23.1. The van der Waals surface area contributed by atoms with Crippen LogP contribution in [0.1, 0.15) is 33.1 Å². The van der Waals surface area contributed by atoms with Gasteiger partial charge in [-0.05, 0) is 43.9 Å². The van der Waals surface area contributed by atoms with Crippen LogP contribution in [0.15, 0.2) is 40.9 Å². The molecule has 1 aromatic carbocycles. The van der Waals surface area contributed by atoms with E-state index < -0.39 is 9.84 Å². The minimum atomic E-state index is -3.27. The number of hydrogen-bond donors (Lipinski definition) is 0. The third-order valence-electron chi connectivity index (χ3n) is 7.61. The molecule has 2 saturated heterocycles. The van der Waals surface area contributed by atoms with Crippen molar-refractivity contribution >= 4 is 37.5 Å². The Labute approximate surface area is 226 Å². The monoisotopic (exact) mass is 557 g/mol. The van der Waals surface area contributed by atoms with Crippen LogP contribution >= 0.6 is 11.3 Å². The maximum Gasteiger partial charge on any atom is 0.410 e. The van der Waals surface area contributed by atoms with E-state index in [-0.39, 0.29) is 35.4 Å². The molecule has 1 aliphatic carbocycles. The summed E-state index contributed by atoms with van der Waals surface area (Å²) in [5.41, 5.74) is 2.26. The molecule has 3 aliphatic rings. The molecule has 3 fully saturated rings. The van der Waals surface area contributed by atoms with E-state index >= 15 is 0 Å². The second kappa shape index (κ2) is 9.77. The molecule has 0 radical (unpaired) electrons. The molecule has 38 heavy (non-hydrogen) atoms. The maximum atomic E-state index is 12.7. The van der Waals surface area contributed by atoms with Gasteiger partial charge in [0, 0.05) is 35.9 Å². The van der Waals surface area contributed by atoms with Crippen LogP contribution in [-0.2, 0) is 19.3 Å². The van der Waals surface area contributed by atoms with Gasteiger partial charge in [0.2, 0.25) is 5.88 Å². The highest BCUT2D eigenvalue weighted by Crippen LogP contribution is 2.41. The van der Waals surface area contributed by atoms with Crippen molar-refractivity contribution in [2.24, 2.45) is 11.8 Å². The van der Waals surface area contributed by atoms with Gasteiger partial charge in [-0.2, -0.15) is 0 Å². The summed E-state index contributed by atoms with van der Waals surface area (Å²) >= 11 is 1.50. The smallest absolute Gasteiger partial charge is 0.410 e. The van der Waals surface area contributed by atoms with Gasteiger partial charge in [0.1, 0.15) is 22.7 Å². The van der Waals surface area contributed by atoms with E-state index in [9.17, 15) is 13.2 Å². The molecule has 2 unspecified atom stereocenters. The van der Waals surface area contributed by atoms with Gasteiger partial charge in [-0.1, -0.05) is 19.1 Å². The van der Waals surface area contributed by atoms with E-state index in [1.807, 2.05) is 31.4 Å². The SMILES string of the molecule is CCCS(=O)(=O)c1ccc(-c2csc3c(OC4C5COCC4CN(C(=O)OC4(C)CC4)C5)ncnc23)cc1. The quantitative estimate of drug-likeness (QED) is 0.416. The van der Waals surface area contributed by atoms with Crippen molar-refractivity contribution in [3.8, 4) is 17.0 Å². The Bertz CT molecular complexity index is 1440. The summed E-state index contributed by atoms with van der Waals surface area (Å²) in [6.45, 7) is 5.90. The zero-order chi connectivity index (χ0) is 26.5. The number of likely N-dealkylation sites (tertiary alicyclic amines) is 1. The van der Waals surface area contributed by atoms with Crippen molar-refractivity contribution in [2.75, 3.05) is 32.1 Å². The molecule has 11 heteroatoms. The van der Waals surface area contributed by atoms with Gasteiger partial charge in [0.15, 0.2) is 9.84 Å². The Morgan fingerprint density at radius 3 is 2.53 bits per heavy atom. The van der Waals surface area contributed by atoms with E-state index in [1.54, 1.807) is 17.0 Å². The second-order valence-corrected chi connectivity index (χ2v) is 13.7. The van der Waals surface area contributed by atoms with E-state index in [0.29, 0.717) is 43.5 Å². The molecule has 2 aromatic heterocycles. The van der Waals surface area contributed by atoms with Crippen molar-refractivity contribution < 1.29 is 27.4 Å². The highest BCUT2D eigenvalue weighted by molar-refractivity contribution is 7.91. The predicted molar refractivity (Wildman–Crippen MR) is 143 cm³/mol. The zero-order valence-electron chi connectivity index (χ0n) is 21.5. The lowest BCUT2D eigenvalue weighted by Crippen LogP contribution is -2.59. The summed E-state index contributed by atoms with van der Waals surface area (Å²) in [4.78, 5) is 23.9. The van der Waals surface area contributed by atoms with E-state index in [1.165, 1.54) is 17.7 Å². The summed E-state index contributed by atoms with van der Waals surface area (Å²) in [5.74, 6) is 0.693. The molecule has 202 valence electrons. The molecule has 0 N–H and O–H groups in total. The molecule has 3 aromatic rings. The number of nitrogens with zero attached hydrogens (tertiary/aromatic N) is 3. The minimum absolute atomic E-state index is 0.0177. The summed E-state index contributed by atoms with van der Waals surface area (Å²) in [7, 11) is -3.27. The van der Waals surface area contributed by atoms with Crippen molar-refractivity contribution in [1.82, 2.24) is 14.9 Å². The summed E-state index contributed by atoms with van der Waals surface area (Å²) in [5, 5.41) is 2.00. The van der Waals surface area contributed by atoms with Gasteiger partial charge in [0.05, 0.1) is 29.4 Å². The molecule has 9 nitrogen and oxygen atoms in total. The molecule has 1 saturated carbocycles. The van der Waals surface area contributed by atoms with Gasteiger partial charge in [0.25, 0.3) is 0 Å². The van der Waals surface area contributed by atoms with Crippen LogP contribution in [0.2, 0.25) is 0 Å². The van der Waals surface area contributed by atoms with Crippen LogP contribution in [0.4, 0.5) is 4.79 Å². The average Bonchev–Trinajstić information content (AvgIpc) is 3.44. The number of benzene rings is 1. The largest absolute Gasteiger partial charge is 0.472 e. The number of aromatic nitrogens is 2. The topological polar surface area (TPSA) is 108 Å². The average molecular weight is 558 g/mol. The predicted octanol–water partition coefficient (Wildman–Crippen LogP) is 4.56. The lowest BCUT2D eigenvalue weighted by atomic mass is 9.84. The van der Waals surface area contributed by atoms with Crippen molar-refractivity contribution in [2.45, 2.75) is 49.7 Å². The number of rotatable bonds is 7. The van der Waals surface area contributed by atoms with Gasteiger partial charge in [-0.15, -0.1) is 11.3 Å². The van der Waals surface area contributed by atoms with Gasteiger partial charge < -0.3 is 19.1 Å². The van der Waals surface area contributed by atoms with Crippen LogP contribution in [0, 0.1) is 11.8 Å². The van der Waals surface area contributed by atoms with Crippen LogP contribution < -0.4 is 4.74 Å². The number of thiophene rings is 1. The summed E-state index contributed by atoms with van der Waals surface area (Å²) < 4.78 is 43.7. The first-order valence-corrected chi connectivity index (χ1v) is 15.6. The molecular formula is C27H31N3O6S2. The number of ether oxygens (including phenoxy) is 3. The highest BCUT2D eigenvalue weighted by Gasteiger charge is 2.47. The lowest BCUT2D eigenvalue weighted by molar-refractivity contribution is -0.111. The first kappa shape index (κ1) is 25.5. The highest BCUT2D eigenvalue weighted by atomic mass is 32.2. The molecule has 2 bridgehead atoms. The van der Waals surface area contributed by atoms with Crippen LogP contribution in [-0.4, -0.2) is 73.1 Å². The Hall–Kier alpha value is -2.76. The Balaban J connectivity index is 1.21. The second-order valence-electron chi connectivity index (χ2n) is 10.7. The number of piperidine rings is 1. The Kier molecular flexibility index (Phi) is 6.56. The van der Waals surface area contributed by atoms with Crippen LogP contribution in [0.5, 0.6) is 5.88 Å². The van der Waals surface area contributed by atoms with Crippen LogP contribution in [0.25, 0.3) is 21.3 Å². The fraction of sp³-hybridized carbons (Fsp3) is 0.519. The molecule has 1 amide bonds. The summed E-state index contributed by atoms with van der Waals surface area (Å²) in [6, 6.07) is 6.97. The van der Waals surface area contributed by atoms with Crippen molar-refractivity contribution in [3.63, 3.8) is 0 Å². The normalized spacial score (nSPS) is 24.3. The standard InChI is InChI=1S/C27H31N3O6S2/c1-3-10-38(32,33)20-6-4-17(5-7-20)21-15-37-24-22(21)28-16-29-25(24)35-23-18-11-30(12-19(23)14-34-13-18)26(31)36-27(2)8-9-27/h4-7,15-16,18-19,23H,3,8-14H2,1-2H3. The van der Waals surface area contributed by atoms with E-state index in [2.05, 4.69) is 9.97 Å². The van der Waals surface area contributed by atoms with Gasteiger partial charge in [-0.25, -0.2) is 23.2 Å². The fourth-order valence-corrected chi connectivity index (χ4v) is 7.55. The third-order valence-corrected chi connectivity index (χ3v) is 10.5. The number of sulfone groups is 1. The molecule has 2 aliphatic heterocycles. The Morgan fingerprint density at radius 1 is 1.16 bits per heavy atom. The fourth-order valence-electron chi connectivity index (χ4n) is 5.27. The number of carbonyl (C=O) groups is 1. The van der Waals surface area contributed by atoms with Crippen LogP contribution in [0.3, 0.4) is 0 Å². The molecule has 0 spiro atoms. The minimum Gasteiger partial charge on any atom is -0.472 e.